The lowest BCUT2D eigenvalue weighted by Crippen LogP contribution is -2.27. The fourth-order valence-corrected chi connectivity index (χ4v) is 2.35. The average molecular weight is 382 g/mol. The maximum Gasteiger partial charge on any atom is 0.332 e. The lowest BCUT2D eigenvalue weighted by atomic mass is 10.2. The van der Waals surface area contributed by atoms with Crippen LogP contribution in [0.25, 0.3) is 17.1 Å². The van der Waals surface area contributed by atoms with Crippen LogP contribution in [0.3, 0.4) is 0 Å². The van der Waals surface area contributed by atoms with Crippen LogP contribution >= 0.6 is 12.4 Å². The molecule has 0 aliphatic carbocycles. The van der Waals surface area contributed by atoms with Crippen molar-refractivity contribution in [2.75, 3.05) is 33.4 Å². The molecule has 1 aromatic heterocycles. The van der Waals surface area contributed by atoms with Gasteiger partial charge in [0.1, 0.15) is 18.7 Å². The number of halogens is 1. The van der Waals surface area contributed by atoms with Crippen LogP contribution in [0.15, 0.2) is 35.4 Å². The van der Waals surface area contributed by atoms with Crippen LogP contribution in [0.4, 0.5) is 0 Å². The Hall–Kier alpha value is -2.38. The summed E-state index contributed by atoms with van der Waals surface area (Å²) in [5.74, 6) is 0.0775. The second kappa shape index (κ2) is 10.6. The molecule has 0 bridgehead atoms. The van der Waals surface area contributed by atoms with Crippen LogP contribution in [0, 0.1) is 0 Å². The Kier molecular flexibility index (Phi) is 8.81. The van der Waals surface area contributed by atoms with Crippen LogP contribution in [0.1, 0.15) is 13.8 Å². The zero-order valence-corrected chi connectivity index (χ0v) is 16.0. The third kappa shape index (κ3) is 5.57. The Balaban J connectivity index is 0.00000338. The maximum atomic E-state index is 12.4. The number of carbonyl (C=O) groups excluding carboxylic acids is 1. The van der Waals surface area contributed by atoms with Gasteiger partial charge in [0.25, 0.3) is 5.56 Å². The molecule has 0 aliphatic rings. The number of rotatable bonds is 8. The highest BCUT2D eigenvalue weighted by molar-refractivity contribution is 5.86. The molecular formula is C18H24ClN3O4. The molecule has 0 spiro atoms. The number of hydrogen-bond acceptors (Lipinski definition) is 6. The number of carbonyl (C=O) groups is 1. The van der Waals surface area contributed by atoms with E-state index >= 15 is 0 Å². The fraction of sp³-hybridized carbons (Fsp3) is 0.389. The number of hydrogen-bond donors (Lipinski definition) is 0. The Morgan fingerprint density at radius 3 is 2.69 bits per heavy atom. The molecule has 0 N–H and O–H groups in total. The molecular weight excluding hydrogens is 358 g/mol. The smallest absolute Gasteiger partial charge is 0.332 e. The number of nitrogens with zero attached hydrogens (tertiary/aromatic N) is 3. The molecule has 0 radical (unpaired) electrons. The van der Waals surface area contributed by atoms with Crippen molar-refractivity contribution in [1.82, 2.24) is 14.5 Å². The highest BCUT2D eigenvalue weighted by Crippen LogP contribution is 2.15. The van der Waals surface area contributed by atoms with Crippen molar-refractivity contribution in [3.63, 3.8) is 0 Å². The summed E-state index contributed by atoms with van der Waals surface area (Å²) in [4.78, 5) is 30.6. The van der Waals surface area contributed by atoms with Crippen LogP contribution in [0.2, 0.25) is 0 Å². The molecule has 7 nitrogen and oxygen atoms in total. The van der Waals surface area contributed by atoms with E-state index in [0.717, 1.165) is 13.1 Å². The molecule has 0 atom stereocenters. The number of aromatic nitrogens is 2. The summed E-state index contributed by atoms with van der Waals surface area (Å²) in [5.41, 5.74) is 0.286. The highest BCUT2D eigenvalue weighted by atomic mass is 35.5. The first-order valence-electron chi connectivity index (χ1n) is 8.21. The quantitative estimate of drug-likeness (QED) is 0.515. The molecule has 142 valence electrons. The fourth-order valence-electron chi connectivity index (χ4n) is 2.35. The van der Waals surface area contributed by atoms with Crippen molar-refractivity contribution >= 4 is 35.5 Å². The number of benzene rings is 1. The number of methoxy groups -OCH3 is 1. The van der Waals surface area contributed by atoms with E-state index in [1.165, 1.54) is 30.3 Å². The van der Waals surface area contributed by atoms with E-state index in [1.807, 2.05) is 0 Å². The van der Waals surface area contributed by atoms with Gasteiger partial charge >= 0.3 is 5.97 Å². The van der Waals surface area contributed by atoms with Gasteiger partial charge in [-0.05, 0) is 31.3 Å². The molecule has 0 fully saturated rings. The summed E-state index contributed by atoms with van der Waals surface area (Å²) >= 11 is 0. The van der Waals surface area contributed by atoms with E-state index < -0.39 is 5.97 Å². The third-order valence-corrected chi connectivity index (χ3v) is 3.91. The number of ether oxygens (including phenoxy) is 2. The minimum Gasteiger partial charge on any atom is -0.497 e. The van der Waals surface area contributed by atoms with Gasteiger partial charge < -0.3 is 14.4 Å². The SMILES string of the molecule is CCN(CC)CCOC(=O)/C=C/n1cnc2ccc(OC)cc2c1=O.Cl. The van der Waals surface area contributed by atoms with Crippen molar-refractivity contribution in [2.24, 2.45) is 0 Å². The van der Waals surface area contributed by atoms with Crippen LogP contribution in [-0.2, 0) is 9.53 Å². The number of likely N-dealkylation sites (N-methyl/N-ethyl adjacent to an activating group) is 1. The van der Waals surface area contributed by atoms with Gasteiger partial charge in [-0.1, -0.05) is 13.8 Å². The Morgan fingerprint density at radius 1 is 1.31 bits per heavy atom. The molecule has 8 heteroatoms. The van der Waals surface area contributed by atoms with Gasteiger partial charge in [0.2, 0.25) is 0 Å². The molecule has 0 saturated heterocycles. The topological polar surface area (TPSA) is 73.7 Å². The predicted octanol–water partition coefficient (Wildman–Crippen LogP) is 2.18. The summed E-state index contributed by atoms with van der Waals surface area (Å²) in [7, 11) is 1.53. The first-order valence-corrected chi connectivity index (χ1v) is 8.21. The third-order valence-electron chi connectivity index (χ3n) is 3.91. The van der Waals surface area contributed by atoms with Gasteiger partial charge in [-0.15, -0.1) is 12.4 Å². The van der Waals surface area contributed by atoms with Crippen molar-refractivity contribution in [3.05, 3.63) is 41.0 Å². The summed E-state index contributed by atoms with van der Waals surface area (Å²) < 4.78 is 11.5. The number of fused-ring (bicyclic) bond motifs is 1. The summed E-state index contributed by atoms with van der Waals surface area (Å²) in [6.07, 6.45) is 3.95. The van der Waals surface area contributed by atoms with Gasteiger partial charge in [-0.2, -0.15) is 0 Å². The van der Waals surface area contributed by atoms with E-state index in [-0.39, 0.29) is 18.0 Å². The van der Waals surface area contributed by atoms with Crippen molar-refractivity contribution < 1.29 is 14.3 Å². The van der Waals surface area contributed by atoms with E-state index in [2.05, 4.69) is 23.7 Å². The highest BCUT2D eigenvalue weighted by Gasteiger charge is 2.05. The first-order chi connectivity index (χ1) is 12.1. The van der Waals surface area contributed by atoms with Gasteiger partial charge in [-0.3, -0.25) is 9.36 Å². The summed E-state index contributed by atoms with van der Waals surface area (Å²) in [6, 6.07) is 5.07. The standard InChI is InChI=1S/C18H23N3O4.ClH/c1-4-20(5-2)10-11-25-17(22)8-9-21-13-19-16-7-6-14(24-3)12-15(16)18(21)23;/h6-9,12-13H,4-5,10-11H2,1-3H3;1H/b9-8+;. The zero-order chi connectivity index (χ0) is 18.2. The van der Waals surface area contributed by atoms with Crippen molar-refractivity contribution in [1.29, 1.82) is 0 Å². The number of esters is 1. The van der Waals surface area contributed by atoms with Gasteiger partial charge in [0.15, 0.2) is 0 Å². The van der Waals surface area contributed by atoms with Crippen LogP contribution < -0.4 is 10.3 Å². The second-order valence-corrected chi connectivity index (χ2v) is 5.35. The van der Waals surface area contributed by atoms with Crippen molar-refractivity contribution in [3.8, 4) is 5.75 Å². The molecule has 1 aromatic carbocycles. The second-order valence-electron chi connectivity index (χ2n) is 5.35. The maximum absolute atomic E-state index is 12.4. The molecule has 26 heavy (non-hydrogen) atoms. The van der Waals surface area contributed by atoms with E-state index in [9.17, 15) is 9.59 Å². The first kappa shape index (κ1) is 21.7. The zero-order valence-electron chi connectivity index (χ0n) is 15.2. The predicted molar refractivity (Wildman–Crippen MR) is 104 cm³/mol. The molecule has 0 aliphatic heterocycles. The molecule has 0 unspecified atom stereocenters. The minimum absolute atomic E-state index is 0. The van der Waals surface area contributed by atoms with Gasteiger partial charge in [0.05, 0.1) is 18.0 Å². The van der Waals surface area contributed by atoms with E-state index in [0.29, 0.717) is 29.8 Å². The summed E-state index contributed by atoms with van der Waals surface area (Å²) in [6.45, 7) is 6.92. The Labute approximate surface area is 158 Å². The molecule has 2 aromatic rings. The molecule has 0 amide bonds. The van der Waals surface area contributed by atoms with E-state index in [4.69, 9.17) is 9.47 Å². The van der Waals surface area contributed by atoms with Crippen LogP contribution in [0.5, 0.6) is 5.75 Å². The summed E-state index contributed by atoms with van der Waals surface area (Å²) in [5, 5.41) is 0.418. The Bertz CT molecular complexity index is 816. The van der Waals surface area contributed by atoms with E-state index in [1.54, 1.807) is 18.2 Å². The average Bonchev–Trinajstić information content (AvgIpc) is 2.64. The van der Waals surface area contributed by atoms with Crippen LogP contribution in [-0.4, -0.2) is 53.8 Å². The molecule has 2 rings (SSSR count). The van der Waals surface area contributed by atoms with Gasteiger partial charge in [-0.25, -0.2) is 9.78 Å². The minimum atomic E-state index is -0.496. The largest absolute Gasteiger partial charge is 0.497 e. The molecule has 1 heterocycles. The van der Waals surface area contributed by atoms with Gasteiger partial charge in [0, 0.05) is 18.8 Å². The lowest BCUT2D eigenvalue weighted by molar-refractivity contribution is -0.138. The Morgan fingerprint density at radius 2 is 2.04 bits per heavy atom. The lowest BCUT2D eigenvalue weighted by Gasteiger charge is -2.16. The normalized spacial score (nSPS) is 10.9. The van der Waals surface area contributed by atoms with Crippen molar-refractivity contribution in [2.45, 2.75) is 13.8 Å². The monoisotopic (exact) mass is 381 g/mol. The molecule has 0 saturated carbocycles.